The second-order valence-electron chi connectivity index (χ2n) is 8.21. The average Bonchev–Trinajstić information content (AvgIpc) is 2.84. The first kappa shape index (κ1) is 23.1. The van der Waals surface area contributed by atoms with Crippen LogP contribution in [0.5, 0.6) is 11.5 Å². The van der Waals surface area contributed by atoms with Crippen molar-refractivity contribution in [3.63, 3.8) is 0 Å². The van der Waals surface area contributed by atoms with Gasteiger partial charge in [-0.15, -0.1) is 0 Å². The molecule has 0 unspecified atom stereocenters. The normalized spacial score (nSPS) is 10.8. The Kier molecular flexibility index (Phi) is 6.68. The van der Waals surface area contributed by atoms with Crippen LogP contribution in [0, 0.1) is 13.8 Å². The van der Waals surface area contributed by atoms with Crippen LogP contribution in [-0.4, -0.2) is 26.7 Å². The Labute approximate surface area is 198 Å². The zero-order valence-electron chi connectivity index (χ0n) is 19.7. The molecule has 4 aromatic rings. The van der Waals surface area contributed by atoms with E-state index in [1.807, 2.05) is 44.2 Å². The van der Waals surface area contributed by atoms with Gasteiger partial charge in [0.05, 0.1) is 19.6 Å². The third-order valence-corrected chi connectivity index (χ3v) is 5.74. The first-order valence-electron chi connectivity index (χ1n) is 11.0. The van der Waals surface area contributed by atoms with Crippen molar-refractivity contribution < 1.29 is 18.7 Å². The lowest BCUT2D eigenvalue weighted by atomic mass is 10.1. The standard InChI is InChI=1S/C28H27NO5/c1-17-13-18(2)27-22(14-17)23(30)16-25(34-27)20-6-8-21(9-7-20)28(31)29-12-11-19-5-10-24(32-3)26(15-19)33-4/h5-10,13-16H,11-12H2,1-4H3,(H,29,31). The molecular formula is C28H27NO5. The van der Waals surface area contributed by atoms with E-state index in [1.165, 1.54) is 6.07 Å². The molecule has 0 saturated carbocycles. The number of benzene rings is 3. The van der Waals surface area contributed by atoms with Crippen molar-refractivity contribution in [1.82, 2.24) is 5.32 Å². The Hall–Kier alpha value is -4.06. The maximum atomic E-state index is 12.6. The van der Waals surface area contributed by atoms with E-state index in [9.17, 15) is 9.59 Å². The number of ether oxygens (including phenoxy) is 2. The summed E-state index contributed by atoms with van der Waals surface area (Å²) in [6.45, 7) is 4.36. The third kappa shape index (κ3) is 4.81. The van der Waals surface area contributed by atoms with Gasteiger partial charge in [-0.2, -0.15) is 0 Å². The molecule has 0 spiro atoms. The molecule has 3 aromatic carbocycles. The molecule has 4 rings (SSSR count). The van der Waals surface area contributed by atoms with Crippen LogP contribution >= 0.6 is 0 Å². The van der Waals surface area contributed by atoms with Gasteiger partial charge in [0.25, 0.3) is 5.91 Å². The third-order valence-electron chi connectivity index (χ3n) is 5.74. The van der Waals surface area contributed by atoms with Crippen molar-refractivity contribution in [2.75, 3.05) is 20.8 Å². The fourth-order valence-corrected chi connectivity index (χ4v) is 4.00. The largest absolute Gasteiger partial charge is 0.493 e. The van der Waals surface area contributed by atoms with Crippen molar-refractivity contribution in [1.29, 1.82) is 0 Å². The first-order valence-corrected chi connectivity index (χ1v) is 11.0. The van der Waals surface area contributed by atoms with E-state index in [-0.39, 0.29) is 11.3 Å². The summed E-state index contributed by atoms with van der Waals surface area (Å²) in [4.78, 5) is 25.2. The Balaban J connectivity index is 1.44. The number of carbonyl (C=O) groups excluding carboxylic acids is 1. The zero-order valence-corrected chi connectivity index (χ0v) is 19.7. The highest BCUT2D eigenvalue weighted by Crippen LogP contribution is 2.28. The van der Waals surface area contributed by atoms with E-state index in [0.717, 1.165) is 22.3 Å². The van der Waals surface area contributed by atoms with E-state index < -0.39 is 0 Å². The lowest BCUT2D eigenvalue weighted by Crippen LogP contribution is -2.25. The molecule has 0 aliphatic rings. The number of amides is 1. The molecule has 0 aliphatic heterocycles. The number of methoxy groups -OCH3 is 2. The number of aryl methyl sites for hydroxylation is 2. The molecule has 1 N–H and O–H groups in total. The average molecular weight is 458 g/mol. The van der Waals surface area contributed by atoms with Crippen LogP contribution in [0.25, 0.3) is 22.3 Å². The number of carbonyl (C=O) groups is 1. The quantitative estimate of drug-likeness (QED) is 0.419. The highest BCUT2D eigenvalue weighted by atomic mass is 16.5. The highest BCUT2D eigenvalue weighted by molar-refractivity contribution is 5.94. The minimum Gasteiger partial charge on any atom is -0.493 e. The predicted octanol–water partition coefficient (Wildman–Crippen LogP) is 5.07. The second kappa shape index (κ2) is 9.83. The minimum absolute atomic E-state index is 0.0833. The van der Waals surface area contributed by atoms with E-state index in [4.69, 9.17) is 13.9 Å². The van der Waals surface area contributed by atoms with Crippen molar-refractivity contribution in [3.8, 4) is 22.8 Å². The molecule has 0 bridgehead atoms. The van der Waals surface area contributed by atoms with Crippen molar-refractivity contribution in [2.45, 2.75) is 20.3 Å². The van der Waals surface area contributed by atoms with E-state index in [0.29, 0.717) is 46.8 Å². The molecule has 0 atom stereocenters. The summed E-state index contributed by atoms with van der Waals surface area (Å²) in [7, 11) is 3.19. The Morgan fingerprint density at radius 3 is 2.35 bits per heavy atom. The molecular weight excluding hydrogens is 430 g/mol. The zero-order chi connectivity index (χ0) is 24.2. The van der Waals surface area contributed by atoms with Crippen LogP contribution < -0.4 is 20.2 Å². The Morgan fingerprint density at radius 2 is 1.65 bits per heavy atom. The summed E-state index contributed by atoms with van der Waals surface area (Å²) in [5, 5.41) is 3.51. The van der Waals surface area contributed by atoms with Gasteiger partial charge in [0.2, 0.25) is 0 Å². The minimum atomic E-state index is -0.168. The maximum absolute atomic E-state index is 12.6. The van der Waals surface area contributed by atoms with Crippen LogP contribution in [0.2, 0.25) is 0 Å². The first-order chi connectivity index (χ1) is 16.4. The monoisotopic (exact) mass is 457 g/mol. The SMILES string of the molecule is COc1ccc(CCNC(=O)c2ccc(-c3cc(=O)c4cc(C)cc(C)c4o3)cc2)cc1OC. The van der Waals surface area contributed by atoms with Crippen molar-refractivity contribution in [2.24, 2.45) is 0 Å². The van der Waals surface area contributed by atoms with Gasteiger partial charge in [-0.1, -0.05) is 24.3 Å². The summed E-state index contributed by atoms with van der Waals surface area (Å²) in [5.41, 5.74) is 4.74. The molecule has 0 radical (unpaired) electrons. The van der Waals surface area contributed by atoms with Gasteiger partial charge in [0.15, 0.2) is 16.9 Å². The number of nitrogens with one attached hydrogen (secondary N) is 1. The molecule has 0 aliphatic carbocycles. The van der Waals surface area contributed by atoms with Crippen molar-refractivity contribution in [3.05, 3.63) is 93.1 Å². The summed E-state index contributed by atoms with van der Waals surface area (Å²) in [6, 6.07) is 18.1. The summed E-state index contributed by atoms with van der Waals surface area (Å²) in [5.74, 6) is 1.64. The van der Waals surface area contributed by atoms with Crippen molar-refractivity contribution >= 4 is 16.9 Å². The van der Waals surface area contributed by atoms with Gasteiger partial charge in [-0.05, 0) is 67.3 Å². The number of rotatable bonds is 7. The highest BCUT2D eigenvalue weighted by Gasteiger charge is 2.12. The van der Waals surface area contributed by atoms with Crippen LogP contribution in [0.3, 0.4) is 0 Å². The number of hydrogen-bond acceptors (Lipinski definition) is 5. The lowest BCUT2D eigenvalue weighted by Gasteiger charge is -2.10. The Bertz CT molecular complexity index is 1400. The van der Waals surface area contributed by atoms with Crippen LogP contribution in [0.4, 0.5) is 0 Å². The van der Waals surface area contributed by atoms with E-state index >= 15 is 0 Å². The topological polar surface area (TPSA) is 77.8 Å². The molecule has 1 amide bonds. The van der Waals surface area contributed by atoms with Crippen LogP contribution in [0.1, 0.15) is 27.0 Å². The fraction of sp³-hybridized carbons (Fsp3) is 0.214. The fourth-order valence-electron chi connectivity index (χ4n) is 4.00. The lowest BCUT2D eigenvalue weighted by molar-refractivity contribution is 0.0954. The maximum Gasteiger partial charge on any atom is 0.251 e. The van der Waals surface area contributed by atoms with Gasteiger partial charge in [0.1, 0.15) is 11.3 Å². The summed E-state index contributed by atoms with van der Waals surface area (Å²) in [6.07, 6.45) is 0.658. The van der Waals surface area contributed by atoms with Crippen LogP contribution in [0.15, 0.2) is 69.9 Å². The van der Waals surface area contributed by atoms with Gasteiger partial charge in [-0.25, -0.2) is 0 Å². The van der Waals surface area contributed by atoms with Gasteiger partial charge in [0, 0.05) is 23.7 Å². The van der Waals surface area contributed by atoms with Gasteiger partial charge < -0.3 is 19.2 Å². The van der Waals surface area contributed by atoms with Gasteiger partial charge in [-0.3, -0.25) is 9.59 Å². The van der Waals surface area contributed by atoms with E-state index in [1.54, 1.807) is 38.5 Å². The predicted molar refractivity (Wildman–Crippen MR) is 133 cm³/mol. The summed E-state index contributed by atoms with van der Waals surface area (Å²) < 4.78 is 16.6. The second-order valence-corrected chi connectivity index (χ2v) is 8.21. The molecule has 6 heteroatoms. The van der Waals surface area contributed by atoms with Crippen LogP contribution in [-0.2, 0) is 6.42 Å². The molecule has 174 valence electrons. The smallest absolute Gasteiger partial charge is 0.251 e. The Morgan fingerprint density at radius 1 is 0.912 bits per heavy atom. The molecule has 1 heterocycles. The molecule has 34 heavy (non-hydrogen) atoms. The summed E-state index contributed by atoms with van der Waals surface area (Å²) >= 11 is 0. The number of fused-ring (bicyclic) bond motifs is 1. The van der Waals surface area contributed by atoms with Gasteiger partial charge >= 0.3 is 0 Å². The molecule has 0 fully saturated rings. The van der Waals surface area contributed by atoms with E-state index in [2.05, 4.69) is 5.32 Å². The molecule has 1 aromatic heterocycles. The number of hydrogen-bond donors (Lipinski definition) is 1. The molecule has 0 saturated heterocycles. The molecule has 6 nitrogen and oxygen atoms in total.